The lowest BCUT2D eigenvalue weighted by Crippen LogP contribution is -2.43. The second-order valence-corrected chi connectivity index (χ2v) is 9.26. The van der Waals surface area contributed by atoms with Gasteiger partial charge in [0, 0.05) is 44.0 Å². The summed E-state index contributed by atoms with van der Waals surface area (Å²) in [7, 11) is -2.92. The fourth-order valence-electron chi connectivity index (χ4n) is 2.57. The van der Waals surface area contributed by atoms with E-state index in [1.165, 1.54) is 6.26 Å². The molecule has 0 radical (unpaired) electrons. The van der Waals surface area contributed by atoms with Crippen LogP contribution in [0.2, 0.25) is 0 Å². The van der Waals surface area contributed by atoms with Gasteiger partial charge in [0.05, 0.1) is 5.75 Å². The molecule has 0 aromatic rings. The summed E-state index contributed by atoms with van der Waals surface area (Å²) >= 11 is 0. The third-order valence-electron chi connectivity index (χ3n) is 3.82. The first-order valence-corrected chi connectivity index (χ1v) is 11.1. The number of aliphatic imine (C=N–C) groups is 1. The molecule has 0 aromatic carbocycles. The molecule has 0 amide bonds. The van der Waals surface area contributed by atoms with Crippen LogP contribution in [0.5, 0.6) is 0 Å². The molecule has 0 saturated heterocycles. The summed E-state index contributed by atoms with van der Waals surface area (Å²) in [4.78, 5) is 7.07. The average molecular weight is 363 g/mol. The summed E-state index contributed by atoms with van der Waals surface area (Å²) in [5.41, 5.74) is 0. The molecule has 0 rings (SSSR count). The van der Waals surface area contributed by atoms with E-state index in [2.05, 4.69) is 48.2 Å². The summed E-state index contributed by atoms with van der Waals surface area (Å²) in [6, 6.07) is 1.15. The highest BCUT2D eigenvalue weighted by Crippen LogP contribution is 2.05. The molecule has 2 N–H and O–H groups in total. The molecule has 0 aliphatic rings. The van der Waals surface area contributed by atoms with E-state index in [0.29, 0.717) is 18.5 Å². The first-order valence-electron chi connectivity index (χ1n) is 9.05. The summed E-state index contributed by atoms with van der Waals surface area (Å²) in [5.74, 6) is 0.956. The van der Waals surface area contributed by atoms with E-state index in [-0.39, 0.29) is 11.8 Å². The van der Waals surface area contributed by atoms with E-state index >= 15 is 0 Å². The highest BCUT2D eigenvalue weighted by molar-refractivity contribution is 7.90. The van der Waals surface area contributed by atoms with Crippen LogP contribution in [0, 0.1) is 0 Å². The molecular weight excluding hydrogens is 324 g/mol. The van der Waals surface area contributed by atoms with Gasteiger partial charge in [0.25, 0.3) is 0 Å². The van der Waals surface area contributed by atoms with Crippen LogP contribution in [0.3, 0.4) is 0 Å². The van der Waals surface area contributed by atoms with Crippen LogP contribution in [0.25, 0.3) is 0 Å². The highest BCUT2D eigenvalue weighted by atomic mass is 32.2. The van der Waals surface area contributed by atoms with Crippen molar-refractivity contribution >= 4 is 15.8 Å². The molecule has 0 spiro atoms. The molecule has 24 heavy (non-hydrogen) atoms. The van der Waals surface area contributed by atoms with Crippen molar-refractivity contribution in [1.29, 1.82) is 0 Å². The predicted octanol–water partition coefficient (Wildman–Crippen LogP) is 1.87. The second kappa shape index (κ2) is 11.7. The van der Waals surface area contributed by atoms with E-state index in [1.807, 2.05) is 13.8 Å². The van der Waals surface area contributed by atoms with Gasteiger partial charge in [0.1, 0.15) is 9.84 Å². The third kappa shape index (κ3) is 11.7. The normalized spacial score (nSPS) is 14.5. The molecule has 0 aromatic heterocycles. The molecule has 0 bridgehead atoms. The first-order chi connectivity index (χ1) is 11.1. The number of rotatable bonds is 11. The van der Waals surface area contributed by atoms with E-state index in [0.717, 1.165) is 32.0 Å². The van der Waals surface area contributed by atoms with Crippen LogP contribution in [-0.4, -0.2) is 69.0 Å². The van der Waals surface area contributed by atoms with Gasteiger partial charge in [-0.25, -0.2) is 8.42 Å². The Hall–Kier alpha value is -0.820. The summed E-state index contributed by atoms with van der Waals surface area (Å²) < 4.78 is 22.5. The molecule has 0 fully saturated rings. The maximum absolute atomic E-state index is 11.3. The molecular formula is C17H38N4O2S. The van der Waals surface area contributed by atoms with Crippen molar-refractivity contribution in [1.82, 2.24) is 15.5 Å². The van der Waals surface area contributed by atoms with Gasteiger partial charge in [-0.1, -0.05) is 0 Å². The minimum absolute atomic E-state index is 0.0698. The predicted molar refractivity (Wildman–Crippen MR) is 104 cm³/mol. The highest BCUT2D eigenvalue weighted by Gasteiger charge is 2.12. The zero-order chi connectivity index (χ0) is 18.8. The van der Waals surface area contributed by atoms with Crippen molar-refractivity contribution in [2.75, 3.05) is 31.6 Å². The van der Waals surface area contributed by atoms with Crippen molar-refractivity contribution in [3.8, 4) is 0 Å². The van der Waals surface area contributed by atoms with Crippen LogP contribution in [0.4, 0.5) is 0 Å². The quantitative estimate of drug-likeness (QED) is 0.333. The summed E-state index contributed by atoms with van der Waals surface area (Å²) in [5, 5.41) is 6.51. The maximum Gasteiger partial charge on any atom is 0.191 e. The van der Waals surface area contributed by atoms with Gasteiger partial charge < -0.3 is 10.6 Å². The molecule has 7 heteroatoms. The Morgan fingerprint density at radius 3 is 2.17 bits per heavy atom. The third-order valence-corrected chi connectivity index (χ3v) is 4.80. The van der Waals surface area contributed by atoms with Crippen molar-refractivity contribution in [3.63, 3.8) is 0 Å². The Kier molecular flexibility index (Phi) is 11.3. The lowest BCUT2D eigenvalue weighted by Gasteiger charge is -2.30. The number of hydrogen-bond acceptors (Lipinski definition) is 4. The molecule has 1 unspecified atom stereocenters. The Morgan fingerprint density at radius 2 is 1.71 bits per heavy atom. The first kappa shape index (κ1) is 23.2. The molecule has 0 saturated carbocycles. The topological polar surface area (TPSA) is 73.8 Å². The van der Waals surface area contributed by atoms with Crippen molar-refractivity contribution in [2.24, 2.45) is 4.99 Å². The fraction of sp³-hybridized carbons (Fsp3) is 0.941. The SMILES string of the molecule is CCNC(=NCCCN(C(C)C)C(C)C)NC(C)CCS(C)(=O)=O. The van der Waals surface area contributed by atoms with Crippen molar-refractivity contribution < 1.29 is 8.42 Å². The monoisotopic (exact) mass is 362 g/mol. The van der Waals surface area contributed by atoms with Gasteiger partial charge in [-0.15, -0.1) is 0 Å². The van der Waals surface area contributed by atoms with Crippen LogP contribution in [-0.2, 0) is 9.84 Å². The molecule has 1 atom stereocenters. The van der Waals surface area contributed by atoms with Gasteiger partial charge in [-0.2, -0.15) is 0 Å². The lowest BCUT2D eigenvalue weighted by atomic mass is 10.2. The van der Waals surface area contributed by atoms with Crippen LogP contribution < -0.4 is 10.6 Å². The van der Waals surface area contributed by atoms with Crippen LogP contribution in [0.1, 0.15) is 54.4 Å². The van der Waals surface area contributed by atoms with Gasteiger partial charge in [-0.05, 0) is 54.4 Å². The second-order valence-electron chi connectivity index (χ2n) is 7.00. The minimum atomic E-state index is -2.92. The van der Waals surface area contributed by atoms with E-state index in [1.54, 1.807) is 0 Å². The number of guanidine groups is 1. The van der Waals surface area contributed by atoms with E-state index in [4.69, 9.17) is 0 Å². The molecule has 0 aliphatic heterocycles. The molecule has 144 valence electrons. The Balaban J connectivity index is 4.41. The summed E-state index contributed by atoms with van der Waals surface area (Å²) in [6.07, 6.45) is 2.86. The lowest BCUT2D eigenvalue weighted by molar-refractivity contribution is 0.174. The van der Waals surface area contributed by atoms with Crippen molar-refractivity contribution in [3.05, 3.63) is 0 Å². The minimum Gasteiger partial charge on any atom is -0.357 e. The van der Waals surface area contributed by atoms with Crippen LogP contribution >= 0.6 is 0 Å². The number of nitrogens with zero attached hydrogens (tertiary/aromatic N) is 2. The Morgan fingerprint density at radius 1 is 1.12 bits per heavy atom. The maximum atomic E-state index is 11.3. The fourth-order valence-corrected chi connectivity index (χ4v) is 3.35. The Labute approximate surface area is 149 Å². The standard InChI is InChI=1S/C17H38N4O2S/c1-8-18-17(20-16(6)10-13-24(7,22)23)19-11-9-12-21(14(2)3)15(4)5/h14-16H,8-13H2,1-7H3,(H2,18,19,20). The zero-order valence-electron chi connectivity index (χ0n) is 16.6. The number of nitrogens with one attached hydrogen (secondary N) is 2. The smallest absolute Gasteiger partial charge is 0.191 e. The Bertz CT molecular complexity index is 453. The average Bonchev–Trinajstić information content (AvgIpc) is 2.43. The molecule has 0 heterocycles. The number of hydrogen-bond donors (Lipinski definition) is 2. The summed E-state index contributed by atoms with van der Waals surface area (Å²) in [6.45, 7) is 15.5. The van der Waals surface area contributed by atoms with E-state index < -0.39 is 9.84 Å². The number of sulfone groups is 1. The van der Waals surface area contributed by atoms with Crippen molar-refractivity contribution in [2.45, 2.75) is 72.5 Å². The van der Waals surface area contributed by atoms with E-state index in [9.17, 15) is 8.42 Å². The van der Waals surface area contributed by atoms with Gasteiger partial charge >= 0.3 is 0 Å². The van der Waals surface area contributed by atoms with Gasteiger partial charge in [0.15, 0.2) is 5.96 Å². The van der Waals surface area contributed by atoms with Gasteiger partial charge in [0.2, 0.25) is 0 Å². The van der Waals surface area contributed by atoms with Crippen LogP contribution in [0.15, 0.2) is 4.99 Å². The van der Waals surface area contributed by atoms with Gasteiger partial charge in [-0.3, -0.25) is 9.89 Å². The largest absolute Gasteiger partial charge is 0.357 e. The molecule has 6 nitrogen and oxygen atoms in total. The zero-order valence-corrected chi connectivity index (χ0v) is 17.4. The molecule has 0 aliphatic carbocycles.